The van der Waals surface area contributed by atoms with Crippen LogP contribution in [0.4, 0.5) is 0 Å². The quantitative estimate of drug-likeness (QED) is 0.583. The van der Waals surface area contributed by atoms with Gasteiger partial charge in [0.25, 0.3) is 5.56 Å². The largest absolute Gasteiger partial charge is 0.506 e. The van der Waals surface area contributed by atoms with E-state index in [-0.39, 0.29) is 0 Å². The van der Waals surface area contributed by atoms with Gasteiger partial charge in [0.1, 0.15) is 5.75 Å². The van der Waals surface area contributed by atoms with Gasteiger partial charge in [0.15, 0.2) is 5.56 Å². The van der Waals surface area contributed by atoms with Crippen LogP contribution in [0.15, 0.2) is 29.1 Å². The summed E-state index contributed by atoms with van der Waals surface area (Å²) in [5.74, 6) is -1.98. The van der Waals surface area contributed by atoms with Crippen molar-refractivity contribution in [3.8, 4) is 17.0 Å². The fourth-order valence-corrected chi connectivity index (χ4v) is 2.93. The first-order valence-electron chi connectivity index (χ1n) is 7.33. The number of aryl methyl sites for hydroxylation is 1. The fourth-order valence-electron chi connectivity index (χ4n) is 2.93. The summed E-state index contributed by atoms with van der Waals surface area (Å²) in [6.45, 7) is 1.97. The van der Waals surface area contributed by atoms with Gasteiger partial charge in [-0.25, -0.2) is 4.79 Å². The third kappa shape index (κ3) is 2.26. The van der Waals surface area contributed by atoms with Crippen LogP contribution in [0.3, 0.4) is 0 Å². The Hall–Kier alpha value is -3.06. The molecule has 0 radical (unpaired) electrons. The molecule has 0 amide bonds. The maximum Gasteiger partial charge on any atom is 0.345 e. The number of H-pyrrole nitrogens is 1. The standard InChI is InChI=1S/C17H17N3O4/c1-8-14(19-16(22)13(15(8)21)17(23)24)9-3-4-12-10(5-9)6-11(7-18)20(12)2/h3-6H,7,18H2,1-2H3,(H,23,24)(H2,19,21,22). The van der Waals surface area contributed by atoms with Crippen molar-refractivity contribution in [2.75, 3.05) is 0 Å². The number of hydrogen-bond acceptors (Lipinski definition) is 4. The smallest absolute Gasteiger partial charge is 0.345 e. The van der Waals surface area contributed by atoms with Crippen LogP contribution < -0.4 is 11.3 Å². The van der Waals surface area contributed by atoms with Crippen LogP contribution in [0.5, 0.6) is 5.75 Å². The number of aromatic nitrogens is 2. The van der Waals surface area contributed by atoms with E-state index in [1.165, 1.54) is 0 Å². The SMILES string of the molecule is Cc1c(-c2ccc3c(c2)cc(CN)n3C)[nH]c(=O)c(C(=O)O)c1O. The first kappa shape index (κ1) is 15.8. The van der Waals surface area contributed by atoms with Crippen LogP contribution in [-0.2, 0) is 13.6 Å². The lowest BCUT2D eigenvalue weighted by Gasteiger charge is -2.10. The molecule has 0 aliphatic carbocycles. The van der Waals surface area contributed by atoms with Crippen molar-refractivity contribution < 1.29 is 15.0 Å². The van der Waals surface area contributed by atoms with E-state index in [1.807, 2.05) is 29.8 Å². The molecule has 0 aliphatic heterocycles. The van der Waals surface area contributed by atoms with Crippen LogP contribution in [0.2, 0.25) is 0 Å². The van der Waals surface area contributed by atoms with Crippen LogP contribution >= 0.6 is 0 Å². The Morgan fingerprint density at radius 3 is 2.67 bits per heavy atom. The molecule has 5 N–H and O–H groups in total. The molecular weight excluding hydrogens is 310 g/mol. The van der Waals surface area contributed by atoms with Gasteiger partial charge in [0.2, 0.25) is 0 Å². The highest BCUT2D eigenvalue weighted by Crippen LogP contribution is 2.31. The molecule has 1 aromatic carbocycles. The lowest BCUT2D eigenvalue weighted by molar-refractivity contribution is 0.0691. The van der Waals surface area contributed by atoms with E-state index in [0.29, 0.717) is 23.4 Å². The number of benzene rings is 1. The van der Waals surface area contributed by atoms with E-state index < -0.39 is 22.8 Å². The predicted molar refractivity (Wildman–Crippen MR) is 90.2 cm³/mol. The van der Waals surface area contributed by atoms with Crippen molar-refractivity contribution in [2.24, 2.45) is 12.8 Å². The molecular formula is C17H17N3O4. The van der Waals surface area contributed by atoms with Crippen LogP contribution in [-0.4, -0.2) is 25.7 Å². The summed E-state index contributed by atoms with van der Waals surface area (Å²) in [7, 11) is 1.92. The summed E-state index contributed by atoms with van der Waals surface area (Å²) in [4.78, 5) is 25.6. The molecule has 0 saturated carbocycles. The van der Waals surface area contributed by atoms with Crippen LogP contribution in [0.1, 0.15) is 21.6 Å². The zero-order chi connectivity index (χ0) is 17.6. The molecule has 3 aromatic rings. The average molecular weight is 327 g/mol. The summed E-state index contributed by atoms with van der Waals surface area (Å²) in [5.41, 5.74) is 7.57. The Labute approximate surface area is 137 Å². The van der Waals surface area contributed by atoms with E-state index in [9.17, 15) is 14.7 Å². The number of aromatic hydroxyl groups is 1. The highest BCUT2D eigenvalue weighted by atomic mass is 16.4. The number of hydrogen-bond donors (Lipinski definition) is 4. The molecule has 7 heteroatoms. The molecule has 24 heavy (non-hydrogen) atoms. The number of fused-ring (bicyclic) bond motifs is 1. The summed E-state index contributed by atoms with van der Waals surface area (Å²) < 4.78 is 1.99. The first-order chi connectivity index (χ1) is 11.3. The summed E-state index contributed by atoms with van der Waals surface area (Å²) >= 11 is 0. The second-order valence-corrected chi connectivity index (χ2v) is 5.66. The monoisotopic (exact) mass is 327 g/mol. The molecule has 0 spiro atoms. The molecule has 0 aliphatic rings. The van der Waals surface area contributed by atoms with E-state index in [1.54, 1.807) is 13.0 Å². The number of aromatic carboxylic acids is 1. The minimum atomic E-state index is -1.46. The highest BCUT2D eigenvalue weighted by molar-refractivity contribution is 5.92. The number of rotatable bonds is 3. The van der Waals surface area contributed by atoms with Gasteiger partial charge in [-0.2, -0.15) is 0 Å². The van der Waals surface area contributed by atoms with Crippen LogP contribution in [0, 0.1) is 6.92 Å². The maximum absolute atomic E-state index is 12.0. The average Bonchev–Trinajstić information content (AvgIpc) is 2.86. The third-order valence-electron chi connectivity index (χ3n) is 4.29. The van der Waals surface area contributed by atoms with Gasteiger partial charge in [0.05, 0.1) is 5.69 Å². The van der Waals surface area contributed by atoms with Gasteiger partial charge in [0, 0.05) is 35.8 Å². The summed E-state index contributed by atoms with van der Waals surface area (Å²) in [6, 6.07) is 7.52. The Balaban J connectivity index is 2.24. The lowest BCUT2D eigenvalue weighted by Crippen LogP contribution is -2.19. The fraction of sp³-hybridized carbons (Fsp3) is 0.176. The van der Waals surface area contributed by atoms with E-state index in [2.05, 4.69) is 4.98 Å². The first-order valence-corrected chi connectivity index (χ1v) is 7.33. The maximum atomic E-state index is 12.0. The number of carboxylic acids is 1. The number of carbonyl (C=O) groups is 1. The number of nitrogens with two attached hydrogens (primary N) is 1. The summed E-state index contributed by atoms with van der Waals surface area (Å²) in [6.07, 6.45) is 0. The molecule has 0 fully saturated rings. The zero-order valence-electron chi connectivity index (χ0n) is 13.3. The van der Waals surface area contributed by atoms with Gasteiger partial charge in [-0.15, -0.1) is 0 Å². The molecule has 7 nitrogen and oxygen atoms in total. The molecule has 0 unspecified atom stereocenters. The van der Waals surface area contributed by atoms with Gasteiger partial charge in [-0.3, -0.25) is 4.79 Å². The Morgan fingerprint density at radius 2 is 2.04 bits per heavy atom. The van der Waals surface area contributed by atoms with E-state index in [0.717, 1.165) is 16.6 Å². The molecule has 2 heterocycles. The van der Waals surface area contributed by atoms with Crippen molar-refractivity contribution >= 4 is 16.9 Å². The van der Waals surface area contributed by atoms with Crippen molar-refractivity contribution in [1.29, 1.82) is 0 Å². The van der Waals surface area contributed by atoms with Gasteiger partial charge >= 0.3 is 5.97 Å². The Morgan fingerprint density at radius 1 is 1.33 bits per heavy atom. The van der Waals surface area contributed by atoms with Crippen molar-refractivity contribution in [1.82, 2.24) is 9.55 Å². The van der Waals surface area contributed by atoms with Crippen molar-refractivity contribution in [3.05, 3.63) is 51.4 Å². The number of pyridine rings is 1. The Kier molecular flexibility index (Phi) is 3.65. The van der Waals surface area contributed by atoms with E-state index in [4.69, 9.17) is 10.8 Å². The van der Waals surface area contributed by atoms with Crippen LogP contribution in [0.25, 0.3) is 22.2 Å². The molecule has 3 rings (SSSR count). The van der Waals surface area contributed by atoms with E-state index >= 15 is 0 Å². The number of aromatic amines is 1. The third-order valence-corrected chi connectivity index (χ3v) is 4.29. The van der Waals surface area contributed by atoms with Crippen molar-refractivity contribution in [3.63, 3.8) is 0 Å². The summed E-state index contributed by atoms with van der Waals surface area (Å²) in [5, 5.41) is 20.1. The van der Waals surface area contributed by atoms with Gasteiger partial charge in [-0.05, 0) is 30.7 Å². The topological polar surface area (TPSA) is 121 Å². The lowest BCUT2D eigenvalue weighted by atomic mass is 10.0. The van der Waals surface area contributed by atoms with Gasteiger partial charge in [-0.1, -0.05) is 6.07 Å². The second-order valence-electron chi connectivity index (χ2n) is 5.66. The number of nitrogens with zero attached hydrogens (tertiary/aromatic N) is 1. The minimum Gasteiger partial charge on any atom is -0.506 e. The molecule has 124 valence electrons. The molecule has 0 atom stereocenters. The van der Waals surface area contributed by atoms with Gasteiger partial charge < -0.3 is 25.5 Å². The Bertz CT molecular complexity index is 1030. The number of carboxylic acid groups (broad SMARTS) is 1. The normalized spacial score (nSPS) is 11.1. The molecule has 2 aromatic heterocycles. The molecule has 0 saturated heterocycles. The predicted octanol–water partition coefficient (Wildman–Crippen LogP) is 1.70. The number of nitrogens with one attached hydrogen (secondary N) is 1. The van der Waals surface area contributed by atoms with Crippen molar-refractivity contribution in [2.45, 2.75) is 13.5 Å². The second kappa shape index (κ2) is 5.54. The zero-order valence-corrected chi connectivity index (χ0v) is 13.3. The highest BCUT2D eigenvalue weighted by Gasteiger charge is 2.20. The minimum absolute atomic E-state index is 0.307. The molecule has 0 bridgehead atoms.